The smallest absolute Gasteiger partial charge is 0.359 e. The summed E-state index contributed by atoms with van der Waals surface area (Å²) in [6.45, 7) is 3.17. The van der Waals surface area contributed by atoms with Crippen LogP contribution >= 0.6 is 0 Å². The van der Waals surface area contributed by atoms with Gasteiger partial charge in [-0.1, -0.05) is 6.92 Å². The van der Waals surface area contributed by atoms with Crippen LogP contribution in [0.2, 0.25) is 0 Å². The lowest BCUT2D eigenvalue weighted by Crippen LogP contribution is -2.26. The summed E-state index contributed by atoms with van der Waals surface area (Å²) in [6, 6.07) is 0. The predicted octanol–water partition coefficient (Wildman–Crippen LogP) is 1.97. The summed E-state index contributed by atoms with van der Waals surface area (Å²) in [7, 11) is 1.60. The fourth-order valence-electron chi connectivity index (χ4n) is 1.48. The lowest BCUT2D eigenvalue weighted by Gasteiger charge is -2.21. The fraction of sp³-hybridized carbons (Fsp3) is 0.636. The van der Waals surface area contributed by atoms with E-state index in [9.17, 15) is 13.2 Å². The van der Waals surface area contributed by atoms with Crippen molar-refractivity contribution in [3.8, 4) is 0 Å². The molecule has 1 aromatic rings. The number of nitrogens with zero attached hydrogens (tertiary/aromatic N) is 3. The number of rotatable bonds is 6. The molecule has 0 bridgehead atoms. The normalized spacial score (nSPS) is 11.6. The Labute approximate surface area is 104 Å². The van der Waals surface area contributed by atoms with Crippen molar-refractivity contribution in [2.24, 2.45) is 0 Å². The number of nitrogens with one attached hydrogen (secondary N) is 1. The van der Waals surface area contributed by atoms with E-state index in [0.29, 0.717) is 12.4 Å². The molecule has 0 unspecified atom stereocenters. The quantitative estimate of drug-likeness (QED) is 0.851. The second kappa shape index (κ2) is 6.53. The molecule has 0 aromatic carbocycles. The molecule has 1 N–H and O–H groups in total. The Balaban J connectivity index is 2.69. The lowest BCUT2D eigenvalue weighted by molar-refractivity contribution is -0.132. The molecule has 0 spiro atoms. The number of hydrogen-bond acceptors (Lipinski definition) is 4. The van der Waals surface area contributed by atoms with Crippen LogP contribution in [-0.2, 0) is 6.54 Å². The van der Waals surface area contributed by atoms with Crippen molar-refractivity contribution >= 4 is 5.82 Å². The Morgan fingerprint density at radius 2 is 2.11 bits per heavy atom. The number of aromatic nitrogens is 2. The van der Waals surface area contributed by atoms with Gasteiger partial charge < -0.3 is 10.2 Å². The van der Waals surface area contributed by atoms with Crippen LogP contribution in [0.1, 0.15) is 18.9 Å². The van der Waals surface area contributed by atoms with Gasteiger partial charge in [-0.25, -0.2) is 9.97 Å². The van der Waals surface area contributed by atoms with Crippen molar-refractivity contribution in [1.29, 1.82) is 0 Å². The zero-order valence-corrected chi connectivity index (χ0v) is 10.5. The summed E-state index contributed by atoms with van der Waals surface area (Å²) in [4.78, 5) is 9.43. The number of alkyl halides is 3. The van der Waals surface area contributed by atoms with E-state index in [4.69, 9.17) is 0 Å². The molecular weight excluding hydrogens is 245 g/mol. The first-order valence-electron chi connectivity index (χ1n) is 5.71. The molecule has 7 heteroatoms. The van der Waals surface area contributed by atoms with Crippen LogP contribution in [-0.4, -0.2) is 36.3 Å². The first kappa shape index (κ1) is 14.7. The third kappa shape index (κ3) is 4.87. The maximum atomic E-state index is 12.2. The van der Waals surface area contributed by atoms with Crippen LogP contribution in [0.15, 0.2) is 12.5 Å². The standard InChI is InChI=1S/C11H17F3N4/c1-3-15-6-9-7-16-8-17-10(9)18(2)5-4-11(12,13)14/h7-8,15H,3-6H2,1-2H3. The summed E-state index contributed by atoms with van der Waals surface area (Å²) in [5.74, 6) is 0.537. The van der Waals surface area contributed by atoms with Gasteiger partial charge in [-0.05, 0) is 6.54 Å². The fourth-order valence-corrected chi connectivity index (χ4v) is 1.48. The minimum absolute atomic E-state index is 0.111. The van der Waals surface area contributed by atoms with Gasteiger partial charge in [-0.2, -0.15) is 13.2 Å². The SMILES string of the molecule is CCNCc1cncnc1N(C)CCC(F)(F)F. The summed E-state index contributed by atoms with van der Waals surface area (Å²) in [5, 5.41) is 3.10. The van der Waals surface area contributed by atoms with E-state index in [1.165, 1.54) is 11.2 Å². The summed E-state index contributed by atoms with van der Waals surface area (Å²) in [5.41, 5.74) is 0.795. The van der Waals surface area contributed by atoms with Crippen molar-refractivity contribution in [3.63, 3.8) is 0 Å². The van der Waals surface area contributed by atoms with E-state index >= 15 is 0 Å². The minimum Gasteiger partial charge on any atom is -0.359 e. The van der Waals surface area contributed by atoms with Crippen LogP contribution in [0.25, 0.3) is 0 Å². The topological polar surface area (TPSA) is 41.1 Å². The molecular formula is C11H17F3N4. The highest BCUT2D eigenvalue weighted by Crippen LogP contribution is 2.22. The van der Waals surface area contributed by atoms with Gasteiger partial charge in [0.1, 0.15) is 12.1 Å². The molecule has 1 heterocycles. The Kier molecular flexibility index (Phi) is 5.33. The van der Waals surface area contributed by atoms with Crippen molar-refractivity contribution in [3.05, 3.63) is 18.1 Å². The van der Waals surface area contributed by atoms with E-state index in [1.54, 1.807) is 13.2 Å². The number of halogens is 3. The number of anilines is 1. The molecule has 0 aliphatic rings. The molecule has 102 valence electrons. The van der Waals surface area contributed by atoms with Crippen LogP contribution in [0.4, 0.5) is 19.0 Å². The molecule has 0 fully saturated rings. The third-order valence-electron chi connectivity index (χ3n) is 2.42. The average molecular weight is 262 g/mol. The summed E-state index contributed by atoms with van der Waals surface area (Å²) in [6.07, 6.45) is -2.04. The molecule has 0 radical (unpaired) electrons. The van der Waals surface area contributed by atoms with E-state index in [0.717, 1.165) is 12.1 Å². The Morgan fingerprint density at radius 1 is 1.39 bits per heavy atom. The predicted molar refractivity (Wildman–Crippen MR) is 63.4 cm³/mol. The van der Waals surface area contributed by atoms with Crippen molar-refractivity contribution in [2.75, 3.05) is 25.0 Å². The molecule has 0 amide bonds. The van der Waals surface area contributed by atoms with Gasteiger partial charge in [0.25, 0.3) is 0 Å². The largest absolute Gasteiger partial charge is 0.390 e. The highest BCUT2D eigenvalue weighted by molar-refractivity contribution is 5.44. The molecule has 4 nitrogen and oxygen atoms in total. The van der Waals surface area contributed by atoms with Gasteiger partial charge >= 0.3 is 6.18 Å². The Morgan fingerprint density at radius 3 is 2.72 bits per heavy atom. The van der Waals surface area contributed by atoms with Gasteiger partial charge in [-0.3, -0.25) is 0 Å². The summed E-state index contributed by atoms with van der Waals surface area (Å²) < 4.78 is 36.5. The monoisotopic (exact) mass is 262 g/mol. The lowest BCUT2D eigenvalue weighted by atomic mass is 10.2. The molecule has 0 aliphatic heterocycles. The number of hydrogen-bond donors (Lipinski definition) is 1. The highest BCUT2D eigenvalue weighted by Gasteiger charge is 2.27. The van der Waals surface area contributed by atoms with Gasteiger partial charge in [0.2, 0.25) is 0 Å². The van der Waals surface area contributed by atoms with Gasteiger partial charge in [-0.15, -0.1) is 0 Å². The van der Waals surface area contributed by atoms with Gasteiger partial charge in [0, 0.05) is 31.9 Å². The summed E-state index contributed by atoms with van der Waals surface area (Å²) >= 11 is 0. The average Bonchev–Trinajstić information content (AvgIpc) is 2.33. The Hall–Kier alpha value is -1.37. The zero-order chi connectivity index (χ0) is 13.6. The van der Waals surface area contributed by atoms with Crippen molar-refractivity contribution < 1.29 is 13.2 Å². The van der Waals surface area contributed by atoms with Crippen LogP contribution < -0.4 is 10.2 Å². The second-order valence-electron chi connectivity index (χ2n) is 3.94. The molecule has 0 saturated carbocycles. The van der Waals surface area contributed by atoms with E-state index in [-0.39, 0.29) is 6.54 Å². The molecule has 0 atom stereocenters. The molecule has 1 aromatic heterocycles. The molecule has 1 rings (SSSR count). The van der Waals surface area contributed by atoms with E-state index in [2.05, 4.69) is 15.3 Å². The van der Waals surface area contributed by atoms with E-state index < -0.39 is 12.6 Å². The van der Waals surface area contributed by atoms with Gasteiger partial charge in [0.05, 0.1) is 6.42 Å². The Bertz CT molecular complexity index is 368. The second-order valence-corrected chi connectivity index (χ2v) is 3.94. The van der Waals surface area contributed by atoms with Crippen molar-refractivity contribution in [2.45, 2.75) is 26.1 Å². The van der Waals surface area contributed by atoms with Crippen LogP contribution in [0, 0.1) is 0 Å². The molecule has 18 heavy (non-hydrogen) atoms. The zero-order valence-electron chi connectivity index (χ0n) is 10.5. The van der Waals surface area contributed by atoms with Gasteiger partial charge in [0.15, 0.2) is 0 Å². The maximum Gasteiger partial charge on any atom is 0.390 e. The molecule has 0 saturated heterocycles. The van der Waals surface area contributed by atoms with E-state index in [1.807, 2.05) is 6.92 Å². The maximum absolute atomic E-state index is 12.2. The third-order valence-corrected chi connectivity index (χ3v) is 2.42. The van der Waals surface area contributed by atoms with Crippen molar-refractivity contribution in [1.82, 2.24) is 15.3 Å². The van der Waals surface area contributed by atoms with Crippen LogP contribution in [0.5, 0.6) is 0 Å². The molecule has 0 aliphatic carbocycles. The van der Waals surface area contributed by atoms with Crippen LogP contribution in [0.3, 0.4) is 0 Å². The minimum atomic E-state index is -4.15. The highest BCUT2D eigenvalue weighted by atomic mass is 19.4. The first-order valence-corrected chi connectivity index (χ1v) is 5.71. The first-order chi connectivity index (χ1) is 8.44.